The molecule has 0 aliphatic rings. The number of hydrogen-bond acceptors (Lipinski definition) is 5. The summed E-state index contributed by atoms with van der Waals surface area (Å²) in [5, 5.41) is 0.802. The number of esters is 1. The summed E-state index contributed by atoms with van der Waals surface area (Å²) >= 11 is 1.55. The van der Waals surface area contributed by atoms with E-state index in [2.05, 4.69) is 9.72 Å². The predicted octanol–water partition coefficient (Wildman–Crippen LogP) is 3.68. The minimum atomic E-state index is -0.990. The normalized spacial score (nSPS) is 10.5. The van der Waals surface area contributed by atoms with E-state index in [0.717, 1.165) is 22.9 Å². The smallest absolute Gasteiger partial charge is 0.307 e. The fourth-order valence-corrected chi connectivity index (χ4v) is 2.95. The number of ether oxygens (including phenoxy) is 1. The van der Waals surface area contributed by atoms with Crippen LogP contribution in [0.1, 0.15) is 29.3 Å². The summed E-state index contributed by atoms with van der Waals surface area (Å²) in [7, 11) is 1.26. The number of nitrogens with zero attached hydrogens (tertiary/aromatic N) is 2. The Bertz CT molecular complexity index is 800. The molecule has 0 aliphatic carbocycles. The number of carbonyl (C=O) groups is 2. The van der Waals surface area contributed by atoms with Crippen LogP contribution >= 0.6 is 11.8 Å². The van der Waals surface area contributed by atoms with Crippen molar-refractivity contribution < 1.29 is 23.1 Å². The van der Waals surface area contributed by atoms with E-state index in [4.69, 9.17) is 0 Å². The van der Waals surface area contributed by atoms with Crippen LogP contribution in [-0.4, -0.2) is 41.2 Å². The highest BCUT2D eigenvalue weighted by Crippen LogP contribution is 2.17. The molecule has 2 aromatic rings. The fraction of sp³-hybridized carbons (Fsp3) is 0.316. The van der Waals surface area contributed by atoms with E-state index in [9.17, 15) is 18.4 Å². The number of amides is 1. The topological polar surface area (TPSA) is 59.5 Å². The van der Waals surface area contributed by atoms with Gasteiger partial charge in [-0.15, -0.1) is 11.8 Å². The highest BCUT2D eigenvalue weighted by atomic mass is 32.2. The van der Waals surface area contributed by atoms with E-state index in [1.54, 1.807) is 23.9 Å². The minimum absolute atomic E-state index is 0.0108. The second-order valence-corrected chi connectivity index (χ2v) is 6.90. The van der Waals surface area contributed by atoms with Crippen LogP contribution in [0.2, 0.25) is 0 Å². The Balaban J connectivity index is 2.20. The highest BCUT2D eigenvalue weighted by Gasteiger charge is 2.19. The van der Waals surface area contributed by atoms with E-state index < -0.39 is 17.6 Å². The third-order valence-corrected chi connectivity index (χ3v) is 4.56. The number of pyridine rings is 1. The first-order valence-corrected chi connectivity index (χ1v) is 9.32. The third-order valence-electron chi connectivity index (χ3n) is 3.73. The number of rotatable bonds is 8. The Morgan fingerprint density at radius 3 is 2.56 bits per heavy atom. The van der Waals surface area contributed by atoms with Gasteiger partial charge < -0.3 is 9.64 Å². The maximum Gasteiger partial charge on any atom is 0.307 e. The van der Waals surface area contributed by atoms with E-state index in [-0.39, 0.29) is 25.4 Å². The molecule has 0 aliphatic heterocycles. The first kappa shape index (κ1) is 20.8. The molecular formula is C19H20F2N2O3S. The molecule has 1 aromatic carbocycles. The Hall–Kier alpha value is -2.48. The van der Waals surface area contributed by atoms with E-state index in [0.29, 0.717) is 11.1 Å². The average molecular weight is 394 g/mol. The molecule has 2 rings (SSSR count). The second-order valence-electron chi connectivity index (χ2n) is 5.62. The lowest BCUT2D eigenvalue weighted by Gasteiger charge is -2.22. The van der Waals surface area contributed by atoms with Gasteiger partial charge in [0.25, 0.3) is 5.91 Å². The van der Waals surface area contributed by atoms with Crippen molar-refractivity contribution in [1.29, 1.82) is 0 Å². The van der Waals surface area contributed by atoms with Gasteiger partial charge >= 0.3 is 5.97 Å². The van der Waals surface area contributed by atoms with Crippen molar-refractivity contribution in [1.82, 2.24) is 9.88 Å². The van der Waals surface area contributed by atoms with Crippen LogP contribution in [0.5, 0.6) is 0 Å². The van der Waals surface area contributed by atoms with Crippen molar-refractivity contribution in [2.24, 2.45) is 0 Å². The zero-order valence-corrected chi connectivity index (χ0v) is 15.9. The zero-order valence-electron chi connectivity index (χ0n) is 15.1. The molecule has 27 heavy (non-hydrogen) atoms. The molecule has 0 N–H and O–H groups in total. The molecule has 0 saturated heterocycles. The molecular weight excluding hydrogens is 374 g/mol. The van der Waals surface area contributed by atoms with Gasteiger partial charge in [0, 0.05) is 19.3 Å². The molecule has 0 radical (unpaired) electrons. The highest BCUT2D eigenvalue weighted by molar-refractivity contribution is 7.99. The van der Waals surface area contributed by atoms with Crippen molar-refractivity contribution in [3.8, 4) is 0 Å². The van der Waals surface area contributed by atoms with Gasteiger partial charge in [-0.1, -0.05) is 13.0 Å². The maximum atomic E-state index is 13.5. The molecule has 1 heterocycles. The van der Waals surface area contributed by atoms with Gasteiger partial charge in [0.2, 0.25) is 0 Å². The van der Waals surface area contributed by atoms with E-state index in [1.807, 2.05) is 6.92 Å². The first-order valence-electron chi connectivity index (χ1n) is 8.33. The number of thioether (sulfide) groups is 1. The van der Waals surface area contributed by atoms with Gasteiger partial charge in [0.15, 0.2) is 11.6 Å². The molecule has 8 heteroatoms. The Kier molecular flexibility index (Phi) is 7.72. The van der Waals surface area contributed by atoms with Gasteiger partial charge in [-0.25, -0.2) is 13.8 Å². The Morgan fingerprint density at radius 1 is 1.19 bits per heavy atom. The van der Waals surface area contributed by atoms with Crippen LogP contribution in [-0.2, 0) is 16.1 Å². The van der Waals surface area contributed by atoms with Crippen LogP contribution in [0, 0.1) is 11.6 Å². The first-order chi connectivity index (χ1) is 12.9. The molecule has 0 saturated carbocycles. The quantitative estimate of drug-likeness (QED) is 0.505. The second kappa shape index (κ2) is 10.0. The number of methoxy groups -OCH3 is 1. The average Bonchev–Trinajstić information content (AvgIpc) is 2.68. The number of hydrogen-bond donors (Lipinski definition) is 0. The number of benzene rings is 1. The van der Waals surface area contributed by atoms with Gasteiger partial charge in [0.05, 0.1) is 24.1 Å². The lowest BCUT2D eigenvalue weighted by atomic mass is 10.1. The summed E-state index contributed by atoms with van der Waals surface area (Å²) in [6.07, 6.45) is 1.46. The Labute approximate surface area is 160 Å². The molecule has 1 aromatic heterocycles. The van der Waals surface area contributed by atoms with Crippen molar-refractivity contribution >= 4 is 23.6 Å². The largest absolute Gasteiger partial charge is 0.469 e. The summed E-state index contributed by atoms with van der Waals surface area (Å²) in [4.78, 5) is 29.9. The van der Waals surface area contributed by atoms with Crippen molar-refractivity contribution in [2.45, 2.75) is 24.9 Å². The number of carbonyl (C=O) groups excluding carboxylic acids is 2. The van der Waals surface area contributed by atoms with Crippen LogP contribution in [0.25, 0.3) is 0 Å². The molecule has 0 bridgehead atoms. The zero-order chi connectivity index (χ0) is 19.8. The van der Waals surface area contributed by atoms with Gasteiger partial charge in [0.1, 0.15) is 0 Å². The van der Waals surface area contributed by atoms with Crippen molar-refractivity contribution in [3.63, 3.8) is 0 Å². The lowest BCUT2D eigenvalue weighted by Crippen LogP contribution is -2.33. The van der Waals surface area contributed by atoms with E-state index >= 15 is 0 Å². The summed E-state index contributed by atoms with van der Waals surface area (Å²) in [5.41, 5.74) is 0.765. The standard InChI is InChI=1S/C19H20F2N2O3S/c1-3-27-17-7-5-14(11-22-17)19(25)23(9-8-18(24)26-2)12-13-4-6-15(20)16(21)10-13/h4-7,10-11H,3,8-9,12H2,1-2H3. The summed E-state index contributed by atoms with van der Waals surface area (Å²) < 4.78 is 31.2. The Morgan fingerprint density at radius 2 is 1.96 bits per heavy atom. The molecule has 0 spiro atoms. The summed E-state index contributed by atoms with van der Waals surface area (Å²) in [6, 6.07) is 6.84. The molecule has 0 atom stereocenters. The number of aromatic nitrogens is 1. The molecule has 0 fully saturated rings. The monoisotopic (exact) mass is 394 g/mol. The van der Waals surface area contributed by atoms with Crippen LogP contribution in [0.3, 0.4) is 0 Å². The molecule has 0 unspecified atom stereocenters. The fourth-order valence-electron chi connectivity index (χ4n) is 2.36. The van der Waals surface area contributed by atoms with Crippen molar-refractivity contribution in [3.05, 3.63) is 59.3 Å². The predicted molar refractivity (Wildman–Crippen MR) is 98.4 cm³/mol. The molecule has 144 valence electrons. The minimum Gasteiger partial charge on any atom is -0.469 e. The van der Waals surface area contributed by atoms with Crippen LogP contribution < -0.4 is 0 Å². The van der Waals surface area contributed by atoms with Gasteiger partial charge in [-0.2, -0.15) is 0 Å². The van der Waals surface area contributed by atoms with Crippen molar-refractivity contribution in [2.75, 3.05) is 19.4 Å². The molecule has 1 amide bonds. The maximum absolute atomic E-state index is 13.5. The summed E-state index contributed by atoms with van der Waals surface area (Å²) in [6.45, 7) is 2.11. The molecule has 5 nitrogen and oxygen atoms in total. The lowest BCUT2D eigenvalue weighted by molar-refractivity contribution is -0.140. The van der Waals surface area contributed by atoms with Crippen LogP contribution in [0.4, 0.5) is 8.78 Å². The van der Waals surface area contributed by atoms with Gasteiger partial charge in [-0.05, 0) is 35.6 Å². The number of halogens is 2. The third kappa shape index (κ3) is 6.02. The SMILES string of the molecule is CCSc1ccc(C(=O)N(CCC(=O)OC)Cc2ccc(F)c(F)c2)cn1. The van der Waals surface area contributed by atoms with E-state index in [1.165, 1.54) is 24.3 Å². The van der Waals surface area contributed by atoms with Crippen LogP contribution in [0.15, 0.2) is 41.6 Å². The van der Waals surface area contributed by atoms with Gasteiger partial charge in [-0.3, -0.25) is 9.59 Å². The summed E-state index contributed by atoms with van der Waals surface area (Å²) in [5.74, 6) is -1.91.